The van der Waals surface area contributed by atoms with E-state index in [4.69, 9.17) is 18.9 Å². The van der Waals surface area contributed by atoms with Crippen LogP contribution in [0.3, 0.4) is 0 Å². The van der Waals surface area contributed by atoms with Crippen molar-refractivity contribution in [3.8, 4) is 0 Å². The molecule has 0 radical (unpaired) electrons. The molecule has 0 unspecified atom stereocenters. The van der Waals surface area contributed by atoms with Gasteiger partial charge in [-0.2, -0.15) is 0 Å². The molecule has 4 heteroatoms. The van der Waals surface area contributed by atoms with E-state index in [1.54, 1.807) is 0 Å². The molecule has 0 aromatic rings. The second kappa shape index (κ2) is 2.48. The quantitative estimate of drug-likeness (QED) is 0.608. The monoisotopic (exact) mass is 224 g/mol. The molecule has 0 aromatic heterocycles. The Morgan fingerprint density at radius 1 is 0.562 bits per heavy atom. The van der Waals surface area contributed by atoms with Crippen LogP contribution in [0.2, 0.25) is 0 Å². The predicted octanol–water partition coefficient (Wildman–Crippen LogP) is 0.758. The SMILES string of the molecule is C1COC2(OC1)C1C2C2C1C21OCCCO1. The fourth-order valence-corrected chi connectivity index (χ4v) is 4.43. The minimum absolute atomic E-state index is 0.205. The van der Waals surface area contributed by atoms with Gasteiger partial charge in [-0.3, -0.25) is 0 Å². The Labute approximate surface area is 94.2 Å². The molecule has 0 N–H and O–H groups in total. The van der Waals surface area contributed by atoms with Gasteiger partial charge in [-0.05, 0) is 12.8 Å². The molecule has 0 bridgehead atoms. The molecule has 0 atom stereocenters. The predicted molar refractivity (Wildman–Crippen MR) is 52.5 cm³/mol. The van der Waals surface area contributed by atoms with Gasteiger partial charge in [0.05, 0.1) is 26.4 Å². The van der Waals surface area contributed by atoms with Crippen LogP contribution in [0.4, 0.5) is 0 Å². The smallest absolute Gasteiger partial charge is 0.175 e. The van der Waals surface area contributed by atoms with Gasteiger partial charge in [-0.15, -0.1) is 0 Å². The van der Waals surface area contributed by atoms with Crippen molar-refractivity contribution < 1.29 is 18.9 Å². The molecule has 3 saturated carbocycles. The van der Waals surface area contributed by atoms with E-state index in [1.807, 2.05) is 0 Å². The summed E-state index contributed by atoms with van der Waals surface area (Å²) in [4.78, 5) is 0. The number of ether oxygens (including phenoxy) is 4. The highest BCUT2D eigenvalue weighted by molar-refractivity contribution is 5.38. The van der Waals surface area contributed by atoms with Crippen LogP contribution in [0.25, 0.3) is 0 Å². The van der Waals surface area contributed by atoms with E-state index in [0.717, 1.165) is 39.3 Å². The molecule has 2 spiro atoms. The molecule has 4 nitrogen and oxygen atoms in total. The average Bonchev–Trinajstić information content (AvgIpc) is 2.98. The van der Waals surface area contributed by atoms with Crippen molar-refractivity contribution in [2.75, 3.05) is 26.4 Å². The van der Waals surface area contributed by atoms with Crippen molar-refractivity contribution in [2.45, 2.75) is 24.4 Å². The van der Waals surface area contributed by atoms with Gasteiger partial charge in [0.2, 0.25) is 0 Å². The molecule has 5 fully saturated rings. The molecule has 0 aromatic carbocycles. The lowest BCUT2D eigenvalue weighted by molar-refractivity contribution is -0.248. The van der Waals surface area contributed by atoms with E-state index in [2.05, 4.69) is 0 Å². The molecule has 5 aliphatic rings. The number of hydrogen-bond donors (Lipinski definition) is 0. The fraction of sp³-hybridized carbons (Fsp3) is 1.00. The lowest BCUT2D eigenvalue weighted by Crippen LogP contribution is -2.35. The van der Waals surface area contributed by atoms with Gasteiger partial charge in [0.25, 0.3) is 0 Å². The fourth-order valence-electron chi connectivity index (χ4n) is 4.43. The van der Waals surface area contributed by atoms with Crippen molar-refractivity contribution in [3.05, 3.63) is 0 Å². The maximum absolute atomic E-state index is 5.86. The maximum atomic E-state index is 5.86. The summed E-state index contributed by atoms with van der Waals surface area (Å²) in [5, 5.41) is 0. The molecule has 0 amide bonds. The Kier molecular flexibility index (Phi) is 1.37. The summed E-state index contributed by atoms with van der Waals surface area (Å²) in [5.41, 5.74) is 0. The highest BCUT2D eigenvalue weighted by Crippen LogP contribution is 2.88. The topological polar surface area (TPSA) is 36.9 Å². The Balaban J connectivity index is 1.38. The molecule has 2 aliphatic heterocycles. The lowest BCUT2D eigenvalue weighted by Gasteiger charge is -2.28. The lowest BCUT2D eigenvalue weighted by atomic mass is 10.0. The van der Waals surface area contributed by atoms with Crippen LogP contribution in [-0.2, 0) is 18.9 Å². The second-order valence-electron chi connectivity index (χ2n) is 5.65. The van der Waals surface area contributed by atoms with Crippen molar-refractivity contribution in [2.24, 2.45) is 23.7 Å². The maximum Gasteiger partial charge on any atom is 0.175 e. The van der Waals surface area contributed by atoms with Crippen LogP contribution in [0.15, 0.2) is 0 Å². The first-order valence-corrected chi connectivity index (χ1v) is 6.46. The van der Waals surface area contributed by atoms with Crippen LogP contribution in [-0.4, -0.2) is 38.0 Å². The van der Waals surface area contributed by atoms with Crippen molar-refractivity contribution in [3.63, 3.8) is 0 Å². The highest BCUT2D eigenvalue weighted by atomic mass is 16.7. The molecule has 5 rings (SSSR count). The zero-order valence-electron chi connectivity index (χ0n) is 9.19. The van der Waals surface area contributed by atoms with Gasteiger partial charge >= 0.3 is 0 Å². The first-order chi connectivity index (χ1) is 7.90. The zero-order chi connectivity index (χ0) is 10.4. The second-order valence-corrected chi connectivity index (χ2v) is 5.65. The third kappa shape index (κ3) is 0.732. The third-order valence-corrected chi connectivity index (χ3v) is 5.08. The molecule has 3 aliphatic carbocycles. The van der Waals surface area contributed by atoms with E-state index in [1.165, 1.54) is 0 Å². The van der Waals surface area contributed by atoms with Crippen LogP contribution in [0.1, 0.15) is 12.8 Å². The first-order valence-electron chi connectivity index (χ1n) is 6.46. The standard InChI is InChI=1S/C12H16O4/c1-3-13-11(14-4-1)7-8(11)10-9(7)12(10)15-5-2-6-16-12/h7-10H,1-6H2. The zero-order valence-corrected chi connectivity index (χ0v) is 9.19. The largest absolute Gasteiger partial charge is 0.349 e. The Morgan fingerprint density at radius 3 is 1.19 bits per heavy atom. The van der Waals surface area contributed by atoms with Crippen molar-refractivity contribution in [1.29, 1.82) is 0 Å². The Hall–Kier alpha value is -0.160. The summed E-state index contributed by atoms with van der Waals surface area (Å²) in [6.07, 6.45) is 2.07. The van der Waals surface area contributed by atoms with Gasteiger partial charge in [-0.1, -0.05) is 0 Å². The molecule has 2 saturated heterocycles. The van der Waals surface area contributed by atoms with Gasteiger partial charge < -0.3 is 18.9 Å². The van der Waals surface area contributed by atoms with Crippen molar-refractivity contribution >= 4 is 0 Å². The Morgan fingerprint density at radius 2 is 0.875 bits per heavy atom. The van der Waals surface area contributed by atoms with Crippen molar-refractivity contribution in [1.82, 2.24) is 0 Å². The van der Waals surface area contributed by atoms with Crippen LogP contribution in [0, 0.1) is 23.7 Å². The van der Waals surface area contributed by atoms with E-state index >= 15 is 0 Å². The van der Waals surface area contributed by atoms with Gasteiger partial charge in [0.1, 0.15) is 0 Å². The van der Waals surface area contributed by atoms with Gasteiger partial charge in [0.15, 0.2) is 11.6 Å². The first kappa shape index (κ1) is 8.86. The molecule has 88 valence electrons. The minimum Gasteiger partial charge on any atom is -0.349 e. The van der Waals surface area contributed by atoms with Crippen LogP contribution in [0.5, 0.6) is 0 Å². The molecule has 2 heterocycles. The van der Waals surface area contributed by atoms with E-state index < -0.39 is 0 Å². The van der Waals surface area contributed by atoms with E-state index in [9.17, 15) is 0 Å². The molecule has 16 heavy (non-hydrogen) atoms. The number of rotatable bonds is 0. The summed E-state index contributed by atoms with van der Waals surface area (Å²) in [7, 11) is 0. The third-order valence-electron chi connectivity index (χ3n) is 5.08. The number of fused-ring (bicyclic) bond motifs is 8. The highest BCUT2D eigenvalue weighted by Gasteiger charge is 2.98. The summed E-state index contributed by atoms with van der Waals surface area (Å²) in [5.74, 6) is 1.85. The van der Waals surface area contributed by atoms with E-state index in [-0.39, 0.29) is 11.6 Å². The van der Waals surface area contributed by atoms with Gasteiger partial charge in [0, 0.05) is 23.7 Å². The summed E-state index contributed by atoms with van der Waals surface area (Å²) in [6.45, 7) is 3.45. The summed E-state index contributed by atoms with van der Waals surface area (Å²) >= 11 is 0. The van der Waals surface area contributed by atoms with Crippen LogP contribution >= 0.6 is 0 Å². The molecular weight excluding hydrogens is 208 g/mol. The molecular formula is C12H16O4. The Bertz CT molecular complexity index is 281. The van der Waals surface area contributed by atoms with Crippen LogP contribution < -0.4 is 0 Å². The van der Waals surface area contributed by atoms with Gasteiger partial charge in [-0.25, -0.2) is 0 Å². The summed E-state index contributed by atoms with van der Waals surface area (Å²) < 4.78 is 23.5. The minimum atomic E-state index is -0.205. The van der Waals surface area contributed by atoms with E-state index in [0.29, 0.717) is 23.7 Å². The number of hydrogen-bond acceptors (Lipinski definition) is 4. The normalized spacial score (nSPS) is 54.0. The average molecular weight is 224 g/mol. The summed E-state index contributed by atoms with van der Waals surface area (Å²) in [6, 6.07) is 0.